The molecule has 0 spiro atoms. The lowest BCUT2D eigenvalue weighted by molar-refractivity contribution is -0.155. The Kier molecular flexibility index (Phi) is 11.6. The molecule has 4 rings (SSSR count). The van der Waals surface area contributed by atoms with Gasteiger partial charge in [-0.3, -0.25) is 14.4 Å². The highest BCUT2D eigenvalue weighted by Gasteiger charge is 2.38. The summed E-state index contributed by atoms with van der Waals surface area (Å²) in [7, 11) is 0. The van der Waals surface area contributed by atoms with E-state index in [0.29, 0.717) is 17.3 Å². The van der Waals surface area contributed by atoms with Crippen LogP contribution in [-0.4, -0.2) is 93.2 Å². The lowest BCUT2D eigenvalue weighted by Gasteiger charge is -2.44. The summed E-state index contributed by atoms with van der Waals surface area (Å²) >= 11 is 0. The number of nitrogens with one attached hydrogen (secondary N) is 1. The molecule has 2 aromatic rings. The topological polar surface area (TPSA) is 140 Å². The van der Waals surface area contributed by atoms with Gasteiger partial charge in [-0.05, 0) is 73.6 Å². The normalized spacial score (nSPS) is 19.3. The minimum atomic E-state index is -1.06. The molecule has 3 unspecified atom stereocenters. The first-order valence-corrected chi connectivity index (χ1v) is 16.2. The Morgan fingerprint density at radius 1 is 0.978 bits per heavy atom. The second kappa shape index (κ2) is 15.4. The highest BCUT2D eigenvalue weighted by molar-refractivity contribution is 5.97. The van der Waals surface area contributed by atoms with Crippen molar-refractivity contribution < 1.29 is 33.4 Å². The summed E-state index contributed by atoms with van der Waals surface area (Å²) in [6.07, 6.45) is 3.46. The van der Waals surface area contributed by atoms with E-state index in [1.165, 1.54) is 6.07 Å². The summed E-state index contributed by atoms with van der Waals surface area (Å²) in [5.74, 6) is -0.812. The molecule has 1 saturated heterocycles. The number of esters is 1. The summed E-state index contributed by atoms with van der Waals surface area (Å²) in [6, 6.07) is 9.07. The number of rotatable bonds is 10. The van der Waals surface area contributed by atoms with Crippen LogP contribution in [0.4, 0.5) is 4.79 Å². The predicted octanol–water partition coefficient (Wildman–Crippen LogP) is 4.76. The van der Waals surface area contributed by atoms with Gasteiger partial charge < -0.3 is 29.3 Å². The highest BCUT2D eigenvalue weighted by Crippen LogP contribution is 2.26. The van der Waals surface area contributed by atoms with E-state index < -0.39 is 29.6 Å². The average Bonchev–Trinajstić information content (AvgIpc) is 3.52. The van der Waals surface area contributed by atoms with Gasteiger partial charge in [0.2, 0.25) is 11.8 Å². The van der Waals surface area contributed by atoms with Crippen molar-refractivity contribution in [1.82, 2.24) is 25.1 Å². The lowest BCUT2D eigenvalue weighted by Crippen LogP contribution is -2.62. The van der Waals surface area contributed by atoms with E-state index in [9.17, 15) is 19.2 Å². The van der Waals surface area contributed by atoms with Gasteiger partial charge in [0.1, 0.15) is 23.4 Å². The molecule has 250 valence electrons. The maximum Gasteiger partial charge on any atom is 0.410 e. The number of hydrogen-bond donors (Lipinski definition) is 1. The zero-order chi connectivity index (χ0) is 33.4. The Balaban J connectivity index is 1.59. The average molecular weight is 638 g/mol. The Morgan fingerprint density at radius 2 is 1.63 bits per heavy atom. The van der Waals surface area contributed by atoms with E-state index in [-0.39, 0.29) is 62.3 Å². The van der Waals surface area contributed by atoms with Crippen molar-refractivity contribution in [2.24, 2.45) is 0 Å². The van der Waals surface area contributed by atoms with Crippen molar-refractivity contribution in [1.29, 1.82) is 0 Å². The molecular weight excluding hydrogens is 590 g/mol. The number of piperazine rings is 1. The maximum absolute atomic E-state index is 14.1. The molecule has 1 aliphatic heterocycles. The quantitative estimate of drug-likeness (QED) is 0.365. The predicted molar refractivity (Wildman–Crippen MR) is 171 cm³/mol. The number of nitrogens with zero attached hydrogens (tertiary/aromatic N) is 4. The molecule has 2 aliphatic rings. The van der Waals surface area contributed by atoms with Gasteiger partial charge in [-0.15, -0.1) is 0 Å². The monoisotopic (exact) mass is 637 g/mol. The first-order chi connectivity index (χ1) is 21.8. The van der Waals surface area contributed by atoms with Crippen molar-refractivity contribution in [2.75, 3.05) is 19.7 Å². The number of carbonyl (C=O) groups is 4. The fraction of sp³-hybridized carbons (Fsp3) is 0.588. The number of amides is 3. The molecule has 1 saturated carbocycles. The van der Waals surface area contributed by atoms with E-state index in [0.717, 1.165) is 25.7 Å². The Morgan fingerprint density at radius 3 is 2.28 bits per heavy atom. The van der Waals surface area contributed by atoms with Gasteiger partial charge in [-0.2, -0.15) is 4.98 Å². The molecule has 0 bridgehead atoms. The third-order valence-electron chi connectivity index (χ3n) is 7.99. The van der Waals surface area contributed by atoms with Gasteiger partial charge in [0.15, 0.2) is 5.82 Å². The van der Waals surface area contributed by atoms with Gasteiger partial charge in [0, 0.05) is 43.2 Å². The molecule has 2 fully saturated rings. The van der Waals surface area contributed by atoms with E-state index in [1.54, 1.807) is 37.5 Å². The Labute approximate surface area is 271 Å². The van der Waals surface area contributed by atoms with Crippen LogP contribution < -0.4 is 10.1 Å². The van der Waals surface area contributed by atoms with Crippen molar-refractivity contribution in [3.8, 4) is 17.3 Å². The minimum Gasteiger partial charge on any atom is -0.474 e. The van der Waals surface area contributed by atoms with Crippen LogP contribution in [0.15, 0.2) is 36.4 Å². The maximum atomic E-state index is 14.1. The van der Waals surface area contributed by atoms with Gasteiger partial charge in [-0.25, -0.2) is 9.78 Å². The zero-order valence-corrected chi connectivity index (χ0v) is 27.8. The minimum absolute atomic E-state index is 0.00865. The number of ether oxygens (including phenoxy) is 3. The number of carbonyl (C=O) groups excluding carboxylic acids is 4. The molecule has 1 aromatic carbocycles. The second-order valence-corrected chi connectivity index (χ2v) is 13.0. The van der Waals surface area contributed by atoms with Crippen molar-refractivity contribution in [3.63, 3.8) is 0 Å². The van der Waals surface area contributed by atoms with E-state index in [4.69, 9.17) is 14.2 Å². The molecular formula is C34H47N5O7. The number of hydrogen-bond acceptors (Lipinski definition) is 9. The molecule has 12 nitrogen and oxygen atoms in total. The standard InChI is InChI=1S/C34H47N5O7/c1-7-44-33(43)39-21-22(2)38(20-23(39)3)32(42)26(17-18-29(40)46-34(4,5)6)36-31(41)27-19-28(45-25-15-11-12-16-25)37-30(35-27)24-13-9-8-10-14-24/h8-10,13-14,19,22-23,25-26H,7,11-12,15-18,20-21H2,1-6H3,(H,36,41). The molecule has 1 aromatic heterocycles. The summed E-state index contributed by atoms with van der Waals surface area (Å²) in [4.78, 5) is 65.5. The fourth-order valence-corrected chi connectivity index (χ4v) is 5.73. The molecule has 3 amide bonds. The molecule has 1 N–H and O–H groups in total. The van der Waals surface area contributed by atoms with Gasteiger partial charge >= 0.3 is 12.1 Å². The molecule has 12 heteroatoms. The van der Waals surface area contributed by atoms with Gasteiger partial charge in [0.05, 0.1) is 6.61 Å². The third kappa shape index (κ3) is 9.40. The summed E-state index contributed by atoms with van der Waals surface area (Å²) in [5.41, 5.74) is 0.0660. The fourth-order valence-electron chi connectivity index (χ4n) is 5.73. The van der Waals surface area contributed by atoms with Crippen molar-refractivity contribution >= 4 is 23.9 Å². The third-order valence-corrected chi connectivity index (χ3v) is 7.99. The molecule has 3 atom stereocenters. The van der Waals surface area contributed by atoms with Crippen LogP contribution in [0.3, 0.4) is 0 Å². The molecule has 0 radical (unpaired) electrons. The summed E-state index contributed by atoms with van der Waals surface area (Å²) < 4.78 is 16.8. The second-order valence-electron chi connectivity index (χ2n) is 13.0. The summed E-state index contributed by atoms with van der Waals surface area (Å²) in [5, 5.41) is 2.85. The number of benzene rings is 1. The van der Waals surface area contributed by atoms with Gasteiger partial charge in [0.25, 0.3) is 5.91 Å². The van der Waals surface area contributed by atoms with E-state index >= 15 is 0 Å². The Hall–Kier alpha value is -4.22. The van der Waals surface area contributed by atoms with Crippen LogP contribution in [-0.2, 0) is 19.1 Å². The Bertz CT molecular complexity index is 1370. The van der Waals surface area contributed by atoms with Crippen molar-refractivity contribution in [3.05, 3.63) is 42.1 Å². The summed E-state index contributed by atoms with van der Waals surface area (Å²) in [6.45, 7) is 11.5. The molecule has 1 aliphatic carbocycles. The van der Waals surface area contributed by atoms with Crippen LogP contribution in [0.5, 0.6) is 5.88 Å². The largest absolute Gasteiger partial charge is 0.474 e. The van der Waals surface area contributed by atoms with Crippen LogP contribution in [0.2, 0.25) is 0 Å². The molecule has 46 heavy (non-hydrogen) atoms. The van der Waals surface area contributed by atoms with E-state index in [2.05, 4.69) is 15.3 Å². The van der Waals surface area contributed by atoms with Crippen LogP contribution >= 0.6 is 0 Å². The first-order valence-electron chi connectivity index (χ1n) is 16.2. The first kappa shape index (κ1) is 34.6. The van der Waals surface area contributed by atoms with Crippen LogP contribution in [0.1, 0.15) is 90.6 Å². The van der Waals surface area contributed by atoms with E-state index in [1.807, 2.05) is 44.2 Å². The van der Waals surface area contributed by atoms with Gasteiger partial charge in [-0.1, -0.05) is 30.3 Å². The smallest absolute Gasteiger partial charge is 0.410 e. The molecule has 2 heterocycles. The van der Waals surface area contributed by atoms with Crippen LogP contribution in [0.25, 0.3) is 11.4 Å². The SMILES string of the molecule is CCOC(=O)N1CC(C)N(C(=O)C(CCC(=O)OC(C)(C)C)NC(=O)c2cc(OC3CCCC3)nc(-c3ccccc3)n2)CC1C. The highest BCUT2D eigenvalue weighted by atomic mass is 16.6. The number of aromatic nitrogens is 2. The van der Waals surface area contributed by atoms with Crippen LogP contribution in [0, 0.1) is 0 Å². The van der Waals surface area contributed by atoms with Crippen molar-refractivity contribution in [2.45, 2.75) is 110 Å². The zero-order valence-electron chi connectivity index (χ0n) is 27.8. The lowest BCUT2D eigenvalue weighted by atomic mass is 10.0.